The van der Waals surface area contributed by atoms with Gasteiger partial charge in [-0.25, -0.2) is 4.79 Å². The largest absolute Gasteiger partial charge is 0.497 e. The number of amides is 2. The Labute approximate surface area is 136 Å². The van der Waals surface area contributed by atoms with E-state index in [0.29, 0.717) is 0 Å². The van der Waals surface area contributed by atoms with E-state index in [-0.39, 0.29) is 16.9 Å². The maximum atomic E-state index is 12.5. The van der Waals surface area contributed by atoms with Crippen molar-refractivity contribution in [3.05, 3.63) is 23.8 Å². The zero-order chi connectivity index (χ0) is 16.3. The van der Waals surface area contributed by atoms with Crippen LogP contribution in [0.15, 0.2) is 18.2 Å². The van der Waals surface area contributed by atoms with Crippen LogP contribution in [0, 0.1) is 0 Å². The molecule has 2 amide bonds. The molecule has 1 heterocycles. The Morgan fingerprint density at radius 3 is 2.64 bits per heavy atom. The highest BCUT2D eigenvalue weighted by Gasteiger charge is 2.34. The van der Waals surface area contributed by atoms with Crippen LogP contribution in [0.5, 0.6) is 11.5 Å². The fraction of sp³-hybridized carbons (Fsp3) is 0.562. The third-order valence-electron chi connectivity index (χ3n) is 3.34. The lowest BCUT2D eigenvalue weighted by Gasteiger charge is -2.30. The predicted octanol–water partition coefficient (Wildman–Crippen LogP) is 3.26. The molecular weight excluding hydrogens is 300 g/mol. The van der Waals surface area contributed by atoms with Crippen LogP contribution in [-0.2, 0) is 0 Å². The number of carbonyl (C=O) groups excluding carboxylic acids is 1. The Kier molecular flexibility index (Phi) is 5.11. The van der Waals surface area contributed by atoms with Crippen LogP contribution in [0.4, 0.5) is 4.79 Å². The molecule has 1 N–H and O–H groups in total. The van der Waals surface area contributed by atoms with Crippen molar-refractivity contribution in [1.29, 1.82) is 0 Å². The Morgan fingerprint density at radius 2 is 2.05 bits per heavy atom. The molecule has 1 fully saturated rings. The number of thioether (sulfide) groups is 1. The summed E-state index contributed by atoms with van der Waals surface area (Å²) >= 11 is 1.74. The molecule has 0 unspecified atom stereocenters. The Balaban J connectivity index is 2.28. The second-order valence-corrected chi connectivity index (χ2v) is 7.39. The number of nitrogens with one attached hydrogen (secondary N) is 1. The zero-order valence-corrected chi connectivity index (χ0v) is 14.6. The molecule has 1 aromatic rings. The van der Waals surface area contributed by atoms with Gasteiger partial charge in [0.1, 0.15) is 16.9 Å². The Hall–Kier alpha value is -1.56. The number of carbonyl (C=O) groups is 1. The van der Waals surface area contributed by atoms with E-state index in [9.17, 15) is 4.79 Å². The molecule has 5 nitrogen and oxygen atoms in total. The van der Waals surface area contributed by atoms with Gasteiger partial charge in [0.2, 0.25) is 0 Å². The summed E-state index contributed by atoms with van der Waals surface area (Å²) in [7, 11) is 3.28. The molecule has 0 radical (unpaired) electrons. The van der Waals surface area contributed by atoms with Crippen molar-refractivity contribution in [2.45, 2.75) is 31.7 Å². The molecule has 1 aliphatic heterocycles. The van der Waals surface area contributed by atoms with Crippen molar-refractivity contribution in [3.8, 4) is 11.5 Å². The Morgan fingerprint density at radius 1 is 1.32 bits per heavy atom. The molecule has 1 saturated heterocycles. The lowest BCUT2D eigenvalue weighted by Crippen LogP contribution is -2.48. The molecule has 0 spiro atoms. The molecule has 6 heteroatoms. The van der Waals surface area contributed by atoms with Gasteiger partial charge in [-0.15, -0.1) is 11.8 Å². The third-order valence-corrected chi connectivity index (χ3v) is 4.58. The highest BCUT2D eigenvalue weighted by molar-refractivity contribution is 7.99. The molecule has 1 aromatic carbocycles. The van der Waals surface area contributed by atoms with Gasteiger partial charge in [0, 0.05) is 23.4 Å². The molecule has 122 valence electrons. The number of rotatable bonds is 3. The maximum Gasteiger partial charge on any atom is 0.319 e. The topological polar surface area (TPSA) is 50.8 Å². The molecule has 0 saturated carbocycles. The van der Waals surface area contributed by atoms with E-state index in [4.69, 9.17) is 9.47 Å². The van der Waals surface area contributed by atoms with Gasteiger partial charge in [0.05, 0.1) is 14.2 Å². The maximum absolute atomic E-state index is 12.5. The fourth-order valence-corrected chi connectivity index (χ4v) is 3.63. The number of benzene rings is 1. The van der Waals surface area contributed by atoms with E-state index >= 15 is 0 Å². The van der Waals surface area contributed by atoms with Crippen LogP contribution in [0.25, 0.3) is 0 Å². The lowest BCUT2D eigenvalue weighted by atomic mass is 10.1. The summed E-state index contributed by atoms with van der Waals surface area (Å²) in [6.07, 6.45) is 0. The summed E-state index contributed by atoms with van der Waals surface area (Å²) in [6, 6.07) is 5.64. The van der Waals surface area contributed by atoms with E-state index in [1.54, 1.807) is 26.0 Å². The van der Waals surface area contributed by atoms with Gasteiger partial charge in [0.15, 0.2) is 0 Å². The number of urea groups is 1. The highest BCUT2D eigenvalue weighted by atomic mass is 32.2. The summed E-state index contributed by atoms with van der Waals surface area (Å²) in [4.78, 5) is 14.4. The van der Waals surface area contributed by atoms with Crippen molar-refractivity contribution in [1.82, 2.24) is 10.2 Å². The van der Waals surface area contributed by atoms with Crippen molar-refractivity contribution in [2.24, 2.45) is 0 Å². The van der Waals surface area contributed by atoms with Gasteiger partial charge in [-0.05, 0) is 39.0 Å². The minimum Gasteiger partial charge on any atom is -0.497 e. The average molecular weight is 324 g/mol. The number of ether oxygens (including phenoxy) is 2. The van der Waals surface area contributed by atoms with E-state index in [0.717, 1.165) is 29.4 Å². The Bertz CT molecular complexity index is 543. The molecule has 1 aliphatic rings. The third kappa shape index (κ3) is 3.80. The predicted molar refractivity (Wildman–Crippen MR) is 89.7 cm³/mol. The smallest absolute Gasteiger partial charge is 0.319 e. The molecule has 2 rings (SSSR count). The number of nitrogens with zero attached hydrogens (tertiary/aromatic N) is 1. The standard InChI is InChI=1S/C16H24N2O3S/c1-16(2,3)17-15(19)18-8-9-22-14(18)12-10-11(20-4)6-7-13(12)21-5/h6-7,10,14H,8-9H2,1-5H3,(H,17,19)/t14-/m1/s1. The molecule has 0 aliphatic carbocycles. The van der Waals surface area contributed by atoms with E-state index in [1.165, 1.54) is 0 Å². The first-order valence-corrected chi connectivity index (χ1v) is 8.33. The average Bonchev–Trinajstić information content (AvgIpc) is 2.94. The van der Waals surface area contributed by atoms with Crippen LogP contribution < -0.4 is 14.8 Å². The summed E-state index contributed by atoms with van der Waals surface area (Å²) < 4.78 is 10.8. The summed E-state index contributed by atoms with van der Waals surface area (Å²) in [6.45, 7) is 6.66. The number of methoxy groups -OCH3 is 2. The van der Waals surface area contributed by atoms with E-state index in [2.05, 4.69) is 5.32 Å². The monoisotopic (exact) mass is 324 g/mol. The molecule has 1 atom stereocenters. The van der Waals surface area contributed by atoms with Gasteiger partial charge < -0.3 is 19.7 Å². The second-order valence-electron chi connectivity index (χ2n) is 6.20. The first-order chi connectivity index (χ1) is 10.4. The van der Waals surface area contributed by atoms with Crippen LogP contribution in [0.2, 0.25) is 0 Å². The number of hydrogen-bond acceptors (Lipinski definition) is 4. The van der Waals surface area contributed by atoms with E-state index < -0.39 is 0 Å². The SMILES string of the molecule is COc1ccc(OC)c([C@H]2SCCN2C(=O)NC(C)(C)C)c1. The van der Waals surface area contributed by atoms with Crippen LogP contribution in [0.3, 0.4) is 0 Å². The zero-order valence-electron chi connectivity index (χ0n) is 13.8. The normalized spacial score (nSPS) is 18.2. The first kappa shape index (κ1) is 16.8. The fourth-order valence-electron chi connectivity index (χ4n) is 2.36. The molecular formula is C16H24N2O3S. The van der Waals surface area contributed by atoms with Crippen molar-refractivity contribution in [2.75, 3.05) is 26.5 Å². The van der Waals surface area contributed by atoms with Gasteiger partial charge >= 0.3 is 6.03 Å². The minimum absolute atomic E-state index is 0.0487. The summed E-state index contributed by atoms with van der Waals surface area (Å²) in [5.41, 5.74) is 0.710. The van der Waals surface area contributed by atoms with Crippen LogP contribution in [0.1, 0.15) is 31.7 Å². The highest BCUT2D eigenvalue weighted by Crippen LogP contribution is 2.43. The van der Waals surface area contributed by atoms with Crippen molar-refractivity contribution < 1.29 is 14.3 Å². The van der Waals surface area contributed by atoms with Crippen molar-refractivity contribution >= 4 is 17.8 Å². The van der Waals surface area contributed by atoms with Gasteiger partial charge in [-0.3, -0.25) is 0 Å². The second kappa shape index (κ2) is 6.69. The molecule has 22 heavy (non-hydrogen) atoms. The summed E-state index contributed by atoms with van der Waals surface area (Å²) in [5, 5.41) is 2.97. The molecule has 0 aromatic heterocycles. The van der Waals surface area contributed by atoms with Gasteiger partial charge in [0.25, 0.3) is 0 Å². The summed E-state index contributed by atoms with van der Waals surface area (Å²) in [5.74, 6) is 2.44. The number of hydrogen-bond donors (Lipinski definition) is 1. The van der Waals surface area contributed by atoms with Gasteiger partial charge in [-0.1, -0.05) is 0 Å². The molecule has 0 bridgehead atoms. The first-order valence-electron chi connectivity index (χ1n) is 7.28. The van der Waals surface area contributed by atoms with E-state index in [1.807, 2.05) is 43.9 Å². The van der Waals surface area contributed by atoms with Crippen LogP contribution in [-0.4, -0.2) is 43.0 Å². The minimum atomic E-state index is -0.257. The lowest BCUT2D eigenvalue weighted by molar-refractivity contribution is 0.190. The van der Waals surface area contributed by atoms with Crippen LogP contribution >= 0.6 is 11.8 Å². The van der Waals surface area contributed by atoms with Crippen molar-refractivity contribution in [3.63, 3.8) is 0 Å². The quantitative estimate of drug-likeness (QED) is 0.927. The van der Waals surface area contributed by atoms with Gasteiger partial charge in [-0.2, -0.15) is 0 Å².